The fourth-order valence-electron chi connectivity index (χ4n) is 3.76. The Morgan fingerprint density at radius 1 is 1.00 bits per heavy atom. The van der Waals surface area contributed by atoms with Crippen molar-refractivity contribution in [1.29, 1.82) is 0 Å². The number of ether oxygens (including phenoxy) is 1. The topological polar surface area (TPSA) is 99.2 Å². The smallest absolute Gasteiger partial charge is 0.321 e. The molecule has 3 aromatic carbocycles. The molecule has 1 aliphatic rings. The second-order valence-electron chi connectivity index (χ2n) is 8.03. The van der Waals surface area contributed by atoms with E-state index in [0.717, 1.165) is 22.4 Å². The van der Waals surface area contributed by atoms with E-state index in [9.17, 15) is 13.2 Å². The number of nitrogens with one attached hydrogen (secondary N) is 1. The molecule has 1 fully saturated rings. The Morgan fingerprint density at radius 3 is 2.33 bits per heavy atom. The van der Waals surface area contributed by atoms with Crippen molar-refractivity contribution >= 4 is 32.6 Å². The molecule has 2 N–H and O–H groups in total. The van der Waals surface area contributed by atoms with Gasteiger partial charge < -0.3 is 14.7 Å². The first-order valence-corrected chi connectivity index (χ1v) is 12.2. The molecule has 8 nitrogen and oxygen atoms in total. The predicted octanol–water partition coefficient (Wildman–Crippen LogP) is 2.85. The Balaban J connectivity index is 1.31. The third-order valence-corrected chi connectivity index (χ3v) is 7.40. The van der Waals surface area contributed by atoms with E-state index in [1.165, 1.54) is 16.6 Å². The van der Waals surface area contributed by atoms with Gasteiger partial charge in [0.05, 0.1) is 0 Å². The van der Waals surface area contributed by atoms with E-state index in [4.69, 9.17) is 9.84 Å². The Morgan fingerprint density at radius 2 is 1.67 bits per heavy atom. The number of anilines is 1. The Labute approximate surface area is 193 Å². The molecule has 0 amide bonds. The second-order valence-corrected chi connectivity index (χ2v) is 9.74. The van der Waals surface area contributed by atoms with Crippen LogP contribution in [0.4, 0.5) is 5.69 Å². The molecule has 33 heavy (non-hydrogen) atoms. The Kier molecular flexibility index (Phi) is 6.83. The molecule has 0 spiro atoms. The van der Waals surface area contributed by atoms with Gasteiger partial charge in [0.25, 0.3) is 10.2 Å². The van der Waals surface area contributed by atoms with E-state index in [2.05, 4.69) is 21.8 Å². The fraction of sp³-hybridized carbons (Fsp3) is 0.292. The van der Waals surface area contributed by atoms with Gasteiger partial charge in [-0.05, 0) is 47.5 Å². The molecular formula is C24H27N3O5S. The number of aliphatic carboxylic acids is 1. The molecule has 1 atom stereocenters. The first-order valence-electron chi connectivity index (χ1n) is 10.8. The average Bonchev–Trinajstić information content (AvgIpc) is 2.82. The summed E-state index contributed by atoms with van der Waals surface area (Å²) in [6.07, 6.45) is 0. The monoisotopic (exact) mass is 469 g/mol. The summed E-state index contributed by atoms with van der Waals surface area (Å²) in [5.74, 6) is -0.386. The van der Waals surface area contributed by atoms with E-state index < -0.39 is 22.2 Å². The standard InChI is InChI=1S/C24H27N3O5S/c1-18(24(28)29)25-33(30,31)27-14-12-26(13-15-27)22-9-6-19(7-10-22)17-32-23-11-8-20-4-2-3-5-21(20)16-23/h2-11,16,18,25H,12-15,17H2,1H3,(H,28,29). The van der Waals surface area contributed by atoms with Crippen molar-refractivity contribution in [3.8, 4) is 5.75 Å². The van der Waals surface area contributed by atoms with E-state index in [-0.39, 0.29) is 13.1 Å². The summed E-state index contributed by atoms with van der Waals surface area (Å²) < 4.78 is 34.2. The van der Waals surface area contributed by atoms with Crippen molar-refractivity contribution < 1.29 is 23.1 Å². The molecule has 0 aliphatic carbocycles. The minimum Gasteiger partial charge on any atom is -0.489 e. The number of nitrogens with zero attached hydrogens (tertiary/aromatic N) is 2. The average molecular weight is 470 g/mol. The Bertz CT molecular complexity index is 1220. The van der Waals surface area contributed by atoms with Crippen LogP contribution in [0, 0.1) is 0 Å². The molecule has 0 bridgehead atoms. The van der Waals surface area contributed by atoms with Gasteiger partial charge in [0.2, 0.25) is 0 Å². The lowest BCUT2D eigenvalue weighted by Crippen LogP contribution is -2.54. The normalized spacial score (nSPS) is 16.0. The molecule has 9 heteroatoms. The number of fused-ring (bicyclic) bond motifs is 1. The summed E-state index contributed by atoms with van der Waals surface area (Å²) in [6.45, 7) is 3.38. The quantitative estimate of drug-likeness (QED) is 0.526. The van der Waals surface area contributed by atoms with Crippen molar-refractivity contribution in [1.82, 2.24) is 9.03 Å². The van der Waals surface area contributed by atoms with Crippen LogP contribution in [-0.2, 0) is 21.6 Å². The van der Waals surface area contributed by atoms with E-state index in [1.54, 1.807) is 0 Å². The van der Waals surface area contributed by atoms with Gasteiger partial charge in [-0.1, -0.05) is 42.5 Å². The van der Waals surface area contributed by atoms with Gasteiger partial charge in [-0.25, -0.2) is 0 Å². The molecule has 1 saturated heterocycles. The highest BCUT2D eigenvalue weighted by Gasteiger charge is 2.29. The second kappa shape index (κ2) is 9.78. The number of benzene rings is 3. The molecule has 1 unspecified atom stereocenters. The summed E-state index contributed by atoms with van der Waals surface area (Å²) in [5.41, 5.74) is 2.05. The van der Waals surface area contributed by atoms with Crippen molar-refractivity contribution in [3.63, 3.8) is 0 Å². The molecule has 174 valence electrons. The van der Waals surface area contributed by atoms with Crippen LogP contribution in [0.15, 0.2) is 66.7 Å². The first-order chi connectivity index (χ1) is 15.8. The van der Waals surface area contributed by atoms with Crippen LogP contribution >= 0.6 is 0 Å². The summed E-state index contributed by atoms with van der Waals surface area (Å²) in [7, 11) is -3.83. The predicted molar refractivity (Wildman–Crippen MR) is 128 cm³/mol. The lowest BCUT2D eigenvalue weighted by Gasteiger charge is -2.35. The number of carboxylic acids is 1. The molecule has 4 rings (SSSR count). The zero-order valence-electron chi connectivity index (χ0n) is 18.3. The number of hydrogen-bond acceptors (Lipinski definition) is 5. The number of carboxylic acid groups (broad SMARTS) is 1. The summed E-state index contributed by atoms with van der Waals surface area (Å²) in [4.78, 5) is 13.1. The van der Waals surface area contributed by atoms with Crippen LogP contribution in [0.5, 0.6) is 5.75 Å². The van der Waals surface area contributed by atoms with Crippen molar-refractivity contribution in [2.24, 2.45) is 0 Å². The number of carbonyl (C=O) groups is 1. The molecule has 0 saturated carbocycles. The van der Waals surface area contributed by atoms with Gasteiger partial charge in [-0.3, -0.25) is 4.79 Å². The number of hydrogen-bond donors (Lipinski definition) is 2. The van der Waals surface area contributed by atoms with E-state index >= 15 is 0 Å². The number of rotatable bonds is 8. The van der Waals surface area contributed by atoms with Gasteiger partial charge in [-0.2, -0.15) is 17.4 Å². The van der Waals surface area contributed by atoms with Crippen molar-refractivity contribution in [2.45, 2.75) is 19.6 Å². The minimum atomic E-state index is -3.83. The lowest BCUT2D eigenvalue weighted by molar-refractivity contribution is -0.138. The van der Waals surface area contributed by atoms with Gasteiger partial charge in [-0.15, -0.1) is 0 Å². The van der Waals surface area contributed by atoms with Crippen LogP contribution < -0.4 is 14.4 Å². The maximum absolute atomic E-state index is 12.4. The minimum absolute atomic E-state index is 0.286. The van der Waals surface area contributed by atoms with Gasteiger partial charge >= 0.3 is 5.97 Å². The zero-order chi connectivity index (χ0) is 23.4. The lowest BCUT2D eigenvalue weighted by atomic mass is 10.1. The van der Waals surface area contributed by atoms with Gasteiger partial charge in [0, 0.05) is 31.9 Å². The van der Waals surface area contributed by atoms with Crippen molar-refractivity contribution in [2.75, 3.05) is 31.1 Å². The highest BCUT2D eigenvalue weighted by Crippen LogP contribution is 2.23. The maximum Gasteiger partial charge on any atom is 0.321 e. The zero-order valence-corrected chi connectivity index (χ0v) is 19.2. The van der Waals surface area contributed by atoms with Gasteiger partial charge in [0.15, 0.2) is 0 Å². The molecular weight excluding hydrogens is 442 g/mol. The molecule has 0 radical (unpaired) electrons. The van der Waals surface area contributed by atoms with E-state index in [1.807, 2.05) is 54.6 Å². The maximum atomic E-state index is 12.4. The number of piperazine rings is 1. The van der Waals surface area contributed by atoms with Crippen LogP contribution in [0.1, 0.15) is 12.5 Å². The first kappa shape index (κ1) is 23.0. The van der Waals surface area contributed by atoms with Crippen LogP contribution in [0.25, 0.3) is 10.8 Å². The SMILES string of the molecule is CC(NS(=O)(=O)N1CCN(c2ccc(COc3ccc4ccccc4c3)cc2)CC1)C(=O)O. The van der Waals surface area contributed by atoms with Crippen LogP contribution in [-0.4, -0.2) is 56.0 Å². The highest BCUT2D eigenvalue weighted by atomic mass is 32.2. The van der Waals surface area contributed by atoms with Crippen molar-refractivity contribution in [3.05, 3.63) is 72.3 Å². The largest absolute Gasteiger partial charge is 0.489 e. The fourth-order valence-corrected chi connectivity index (χ4v) is 5.10. The molecule has 0 aromatic heterocycles. The summed E-state index contributed by atoms with van der Waals surface area (Å²) in [5, 5.41) is 11.3. The Hall–Kier alpha value is -3.14. The highest BCUT2D eigenvalue weighted by molar-refractivity contribution is 7.87. The summed E-state index contributed by atoms with van der Waals surface area (Å²) >= 11 is 0. The third kappa shape index (κ3) is 5.62. The molecule has 1 heterocycles. The van der Waals surface area contributed by atoms with Gasteiger partial charge in [0.1, 0.15) is 18.4 Å². The third-order valence-electron chi connectivity index (χ3n) is 5.70. The molecule has 1 aliphatic heterocycles. The van der Waals surface area contributed by atoms with E-state index in [0.29, 0.717) is 19.7 Å². The summed E-state index contributed by atoms with van der Waals surface area (Å²) in [6, 6.07) is 21.1. The molecule has 3 aromatic rings. The van der Waals surface area contributed by atoms with Crippen LogP contribution in [0.2, 0.25) is 0 Å². The van der Waals surface area contributed by atoms with Crippen LogP contribution in [0.3, 0.4) is 0 Å².